The fourth-order valence-electron chi connectivity index (χ4n) is 3.31. The Morgan fingerprint density at radius 1 is 0.846 bits per heavy atom. The van der Waals surface area contributed by atoms with E-state index < -0.39 is 5.97 Å². The van der Waals surface area contributed by atoms with Gasteiger partial charge in [0, 0.05) is 12.6 Å². The summed E-state index contributed by atoms with van der Waals surface area (Å²) in [7, 11) is 6.33. The van der Waals surface area contributed by atoms with Crippen LogP contribution in [0.5, 0.6) is 0 Å². The zero-order chi connectivity index (χ0) is 19.7. The Bertz CT molecular complexity index is 326. The number of carboxylic acid groups (broad SMARTS) is 1. The van der Waals surface area contributed by atoms with E-state index in [9.17, 15) is 9.90 Å². The van der Waals surface area contributed by atoms with Crippen LogP contribution in [0.25, 0.3) is 0 Å². The van der Waals surface area contributed by atoms with Crippen molar-refractivity contribution in [3.05, 3.63) is 0 Å². The molecule has 0 radical (unpaired) electrons. The van der Waals surface area contributed by atoms with Crippen LogP contribution in [0, 0.1) is 0 Å². The molecule has 0 aliphatic carbocycles. The van der Waals surface area contributed by atoms with E-state index in [-0.39, 0.29) is 12.5 Å². The average molecular weight is 372 g/mol. The van der Waals surface area contributed by atoms with Crippen molar-refractivity contribution in [2.75, 3.05) is 34.3 Å². The zero-order valence-corrected chi connectivity index (χ0v) is 18.1. The van der Waals surface area contributed by atoms with Gasteiger partial charge in [0.25, 0.3) is 0 Å². The minimum Gasteiger partial charge on any atom is -0.550 e. The van der Waals surface area contributed by atoms with E-state index in [1.165, 1.54) is 70.6 Å². The molecule has 4 heteroatoms. The number of carboxylic acids is 1. The lowest BCUT2D eigenvalue weighted by molar-refractivity contribution is -0.873. The summed E-state index contributed by atoms with van der Waals surface area (Å²) in [4.78, 5) is 10.7. The highest BCUT2D eigenvalue weighted by atomic mass is 16.5. The second-order valence-electron chi connectivity index (χ2n) is 8.77. The van der Waals surface area contributed by atoms with Gasteiger partial charge in [0.1, 0.15) is 12.6 Å². The molecule has 0 aromatic carbocycles. The molecule has 0 saturated carbocycles. The third-order valence-electron chi connectivity index (χ3n) is 4.77. The van der Waals surface area contributed by atoms with Gasteiger partial charge in [-0.05, 0) is 19.3 Å². The van der Waals surface area contributed by atoms with Gasteiger partial charge in [-0.1, -0.05) is 77.6 Å². The summed E-state index contributed by atoms with van der Waals surface area (Å²) < 4.78 is 6.74. The fraction of sp³-hybridized carbons (Fsp3) is 0.955. The van der Waals surface area contributed by atoms with Gasteiger partial charge in [-0.15, -0.1) is 0 Å². The maximum absolute atomic E-state index is 10.7. The van der Waals surface area contributed by atoms with Crippen molar-refractivity contribution in [1.29, 1.82) is 0 Å². The van der Waals surface area contributed by atoms with Gasteiger partial charge >= 0.3 is 0 Å². The Kier molecular flexibility index (Phi) is 16.2. The molecule has 1 atom stereocenters. The second-order valence-corrected chi connectivity index (χ2v) is 8.77. The molecule has 0 rings (SSSR count). The van der Waals surface area contributed by atoms with Crippen LogP contribution in [0.3, 0.4) is 0 Å². The average Bonchev–Trinajstić information content (AvgIpc) is 2.55. The molecule has 0 heterocycles. The highest BCUT2D eigenvalue weighted by molar-refractivity contribution is 5.64. The van der Waals surface area contributed by atoms with Gasteiger partial charge in [0.15, 0.2) is 0 Å². The summed E-state index contributed by atoms with van der Waals surface area (Å²) in [6.07, 6.45) is 16.7. The lowest BCUT2D eigenvalue weighted by Crippen LogP contribution is -2.43. The Morgan fingerprint density at radius 2 is 1.31 bits per heavy atom. The summed E-state index contributed by atoms with van der Waals surface area (Å²) in [5, 5.41) is 10.7. The van der Waals surface area contributed by atoms with Crippen molar-refractivity contribution in [3.63, 3.8) is 0 Å². The van der Waals surface area contributed by atoms with Crippen LogP contribution >= 0.6 is 0 Å². The first kappa shape index (κ1) is 25.4. The summed E-state index contributed by atoms with van der Waals surface area (Å²) in [5.41, 5.74) is 0. The minimum absolute atomic E-state index is 0.0145. The molecule has 0 amide bonds. The number of carbonyl (C=O) groups is 1. The highest BCUT2D eigenvalue weighted by Crippen LogP contribution is 2.13. The lowest BCUT2D eigenvalue weighted by Gasteiger charge is -2.29. The SMILES string of the molecule is CCCCCCCCCCCCCCOC(CCC(=O)[O-])C[N+](C)(C)C. The van der Waals surface area contributed by atoms with Gasteiger partial charge in [-0.25, -0.2) is 0 Å². The molecule has 1 unspecified atom stereocenters. The van der Waals surface area contributed by atoms with Crippen molar-refractivity contribution in [2.24, 2.45) is 0 Å². The summed E-state index contributed by atoms with van der Waals surface area (Å²) >= 11 is 0. The van der Waals surface area contributed by atoms with Gasteiger partial charge in [-0.3, -0.25) is 0 Å². The van der Waals surface area contributed by atoms with Crippen LogP contribution in [0.4, 0.5) is 0 Å². The quantitative estimate of drug-likeness (QED) is 0.251. The minimum atomic E-state index is -0.981. The van der Waals surface area contributed by atoms with Gasteiger partial charge in [-0.2, -0.15) is 0 Å². The van der Waals surface area contributed by atoms with E-state index in [0.717, 1.165) is 24.1 Å². The molecule has 0 spiro atoms. The van der Waals surface area contributed by atoms with Crippen molar-refractivity contribution in [2.45, 2.75) is 103 Å². The molecule has 0 N–H and O–H groups in total. The van der Waals surface area contributed by atoms with E-state index >= 15 is 0 Å². The molecule has 0 fully saturated rings. The number of hydrogen-bond donors (Lipinski definition) is 0. The maximum atomic E-state index is 10.7. The Labute approximate surface area is 162 Å². The topological polar surface area (TPSA) is 49.4 Å². The van der Waals surface area contributed by atoms with E-state index in [0.29, 0.717) is 6.42 Å². The van der Waals surface area contributed by atoms with Crippen LogP contribution in [0.15, 0.2) is 0 Å². The second kappa shape index (κ2) is 16.6. The Balaban J connectivity index is 3.55. The van der Waals surface area contributed by atoms with Crippen LogP contribution in [-0.2, 0) is 9.53 Å². The first-order chi connectivity index (χ1) is 12.3. The van der Waals surface area contributed by atoms with E-state index in [2.05, 4.69) is 28.1 Å². The molecular weight excluding hydrogens is 326 g/mol. The smallest absolute Gasteiger partial charge is 0.107 e. The maximum Gasteiger partial charge on any atom is 0.107 e. The zero-order valence-electron chi connectivity index (χ0n) is 18.1. The third-order valence-corrected chi connectivity index (χ3v) is 4.77. The summed E-state index contributed by atoms with van der Waals surface area (Å²) in [6, 6.07) is 0. The number of quaternary nitrogens is 1. The van der Waals surface area contributed by atoms with Crippen molar-refractivity contribution in [1.82, 2.24) is 0 Å². The van der Waals surface area contributed by atoms with Gasteiger partial charge in [0.05, 0.1) is 21.1 Å². The largest absolute Gasteiger partial charge is 0.550 e. The summed E-state index contributed by atoms with van der Waals surface area (Å²) in [6.45, 7) is 3.85. The predicted octanol–water partition coefficient (Wildman–Crippen LogP) is 4.31. The van der Waals surface area contributed by atoms with E-state index in [1.807, 2.05) is 0 Å². The van der Waals surface area contributed by atoms with Crippen molar-refractivity contribution < 1.29 is 19.1 Å². The molecule has 0 saturated heterocycles. The van der Waals surface area contributed by atoms with E-state index in [4.69, 9.17) is 4.74 Å². The molecule has 156 valence electrons. The molecule has 0 aromatic heterocycles. The molecule has 4 nitrogen and oxygen atoms in total. The van der Waals surface area contributed by atoms with Crippen LogP contribution < -0.4 is 5.11 Å². The Hall–Kier alpha value is -0.610. The number of hydrogen-bond acceptors (Lipinski definition) is 3. The number of nitrogens with zero attached hydrogens (tertiary/aromatic N) is 1. The standard InChI is InChI=1S/C22H45NO3/c1-5-6-7-8-9-10-11-12-13-14-15-16-19-26-21(17-18-22(24)25)20-23(2,3)4/h21H,5-20H2,1-4H3. The first-order valence-corrected chi connectivity index (χ1v) is 11.0. The molecule has 0 aliphatic rings. The number of unbranched alkanes of at least 4 members (excludes halogenated alkanes) is 11. The molecule has 0 aromatic rings. The first-order valence-electron chi connectivity index (χ1n) is 11.0. The fourth-order valence-corrected chi connectivity index (χ4v) is 3.31. The van der Waals surface area contributed by atoms with Gasteiger partial charge in [0.2, 0.25) is 0 Å². The normalized spacial score (nSPS) is 13.1. The number of likely N-dealkylation sites (N-methyl/N-ethyl adjacent to an activating group) is 1. The monoisotopic (exact) mass is 371 g/mol. The van der Waals surface area contributed by atoms with E-state index in [1.54, 1.807) is 0 Å². The number of carbonyl (C=O) groups excluding carboxylic acids is 1. The molecule has 0 bridgehead atoms. The number of aliphatic carboxylic acids is 1. The Morgan fingerprint density at radius 3 is 1.73 bits per heavy atom. The van der Waals surface area contributed by atoms with Crippen LogP contribution in [0.1, 0.15) is 96.8 Å². The molecular formula is C22H45NO3. The number of ether oxygens (including phenoxy) is 1. The molecule has 0 aliphatic heterocycles. The number of rotatable bonds is 19. The van der Waals surface area contributed by atoms with Gasteiger partial charge < -0.3 is 19.1 Å². The third kappa shape index (κ3) is 19.7. The predicted molar refractivity (Wildman–Crippen MR) is 108 cm³/mol. The lowest BCUT2D eigenvalue weighted by atomic mass is 10.1. The van der Waals surface area contributed by atoms with Crippen LogP contribution in [0.2, 0.25) is 0 Å². The summed E-state index contributed by atoms with van der Waals surface area (Å²) in [5.74, 6) is -0.981. The molecule has 26 heavy (non-hydrogen) atoms. The highest BCUT2D eigenvalue weighted by Gasteiger charge is 2.18. The van der Waals surface area contributed by atoms with Crippen molar-refractivity contribution >= 4 is 5.97 Å². The van der Waals surface area contributed by atoms with Crippen LogP contribution in [-0.4, -0.2) is 50.9 Å². The van der Waals surface area contributed by atoms with Crippen molar-refractivity contribution in [3.8, 4) is 0 Å².